The molecule has 0 saturated carbocycles. The van der Waals surface area contributed by atoms with Gasteiger partial charge in [-0.3, -0.25) is 14.5 Å². The molecule has 1 N–H and O–H groups in total. The highest BCUT2D eigenvalue weighted by molar-refractivity contribution is 6.31. The second kappa shape index (κ2) is 10.3. The third-order valence-corrected chi connectivity index (χ3v) is 6.05. The Balaban J connectivity index is 1.37. The topological polar surface area (TPSA) is 61.9 Å². The molecule has 1 fully saturated rings. The standard InChI is InChI=1S/C24H28ClN3O3/c25-21-6-1-4-20(17-21)24(30)28-11-2-5-18-16-19(7-8-22(18)28)23(29)26-9-3-10-27-12-14-31-15-13-27/h1,4,6-8,16-17H,2-3,5,9-15H2,(H,26,29). The molecule has 0 bridgehead atoms. The lowest BCUT2D eigenvalue weighted by Crippen LogP contribution is -2.38. The molecule has 0 aliphatic carbocycles. The first-order valence-electron chi connectivity index (χ1n) is 10.9. The third-order valence-electron chi connectivity index (χ3n) is 5.82. The van der Waals surface area contributed by atoms with E-state index in [-0.39, 0.29) is 11.8 Å². The maximum Gasteiger partial charge on any atom is 0.258 e. The molecular formula is C24H28ClN3O3. The molecule has 31 heavy (non-hydrogen) atoms. The summed E-state index contributed by atoms with van der Waals surface area (Å²) in [4.78, 5) is 29.8. The fourth-order valence-electron chi connectivity index (χ4n) is 4.16. The molecule has 2 aliphatic rings. The monoisotopic (exact) mass is 441 g/mol. The highest BCUT2D eigenvalue weighted by Gasteiger charge is 2.24. The van der Waals surface area contributed by atoms with Gasteiger partial charge in [0.05, 0.1) is 13.2 Å². The number of nitrogens with one attached hydrogen (secondary N) is 1. The van der Waals surface area contributed by atoms with E-state index >= 15 is 0 Å². The van der Waals surface area contributed by atoms with Crippen LogP contribution in [-0.4, -0.2) is 62.7 Å². The van der Waals surface area contributed by atoms with Crippen LogP contribution in [0.15, 0.2) is 42.5 Å². The van der Waals surface area contributed by atoms with Crippen molar-refractivity contribution in [2.75, 3.05) is 50.8 Å². The summed E-state index contributed by atoms with van der Waals surface area (Å²) in [6, 6.07) is 12.6. The lowest BCUT2D eigenvalue weighted by molar-refractivity contribution is 0.0374. The number of aryl methyl sites for hydroxylation is 1. The molecule has 2 heterocycles. The van der Waals surface area contributed by atoms with E-state index in [9.17, 15) is 9.59 Å². The van der Waals surface area contributed by atoms with Crippen LogP contribution in [0.2, 0.25) is 5.02 Å². The lowest BCUT2D eigenvalue weighted by Gasteiger charge is -2.30. The van der Waals surface area contributed by atoms with Gasteiger partial charge in [-0.2, -0.15) is 0 Å². The van der Waals surface area contributed by atoms with Crippen LogP contribution in [0.5, 0.6) is 0 Å². The van der Waals surface area contributed by atoms with Crippen LogP contribution in [0.3, 0.4) is 0 Å². The van der Waals surface area contributed by atoms with Crippen molar-refractivity contribution >= 4 is 29.1 Å². The van der Waals surface area contributed by atoms with Crippen molar-refractivity contribution in [1.29, 1.82) is 0 Å². The third kappa shape index (κ3) is 5.45. The van der Waals surface area contributed by atoms with Crippen LogP contribution in [0, 0.1) is 0 Å². The summed E-state index contributed by atoms with van der Waals surface area (Å²) in [7, 11) is 0. The van der Waals surface area contributed by atoms with E-state index in [0.717, 1.165) is 63.4 Å². The molecule has 7 heteroatoms. The van der Waals surface area contributed by atoms with Crippen molar-refractivity contribution in [1.82, 2.24) is 10.2 Å². The normalized spacial score (nSPS) is 16.6. The first-order chi connectivity index (χ1) is 15.1. The Kier molecular flexibility index (Phi) is 7.22. The molecule has 164 valence electrons. The average molecular weight is 442 g/mol. The molecule has 0 unspecified atom stereocenters. The number of fused-ring (bicyclic) bond motifs is 1. The van der Waals surface area contributed by atoms with Crippen LogP contribution in [0.25, 0.3) is 0 Å². The van der Waals surface area contributed by atoms with E-state index in [1.165, 1.54) is 0 Å². The van der Waals surface area contributed by atoms with Crippen molar-refractivity contribution < 1.29 is 14.3 Å². The van der Waals surface area contributed by atoms with Crippen LogP contribution >= 0.6 is 11.6 Å². The van der Waals surface area contributed by atoms with Crippen molar-refractivity contribution in [3.63, 3.8) is 0 Å². The molecule has 1 saturated heterocycles. The first-order valence-corrected chi connectivity index (χ1v) is 11.3. The van der Waals surface area contributed by atoms with Gasteiger partial charge in [-0.25, -0.2) is 0 Å². The maximum atomic E-state index is 13.0. The van der Waals surface area contributed by atoms with Gasteiger partial charge in [0, 0.05) is 48.0 Å². The van der Waals surface area contributed by atoms with E-state index in [1.807, 2.05) is 12.1 Å². The van der Waals surface area contributed by atoms with Crippen molar-refractivity contribution in [3.8, 4) is 0 Å². The van der Waals surface area contributed by atoms with Crippen LogP contribution in [0.1, 0.15) is 39.1 Å². The number of ether oxygens (including phenoxy) is 1. The molecule has 0 atom stereocenters. The summed E-state index contributed by atoms with van der Waals surface area (Å²) in [5.74, 6) is -0.133. The Morgan fingerprint density at radius 2 is 1.87 bits per heavy atom. The van der Waals surface area contributed by atoms with Crippen molar-refractivity contribution in [3.05, 3.63) is 64.2 Å². The second-order valence-electron chi connectivity index (χ2n) is 7.98. The van der Waals surface area contributed by atoms with Gasteiger partial charge in [-0.1, -0.05) is 17.7 Å². The molecule has 0 spiro atoms. The molecule has 2 aromatic rings. The summed E-state index contributed by atoms with van der Waals surface area (Å²) < 4.78 is 5.36. The quantitative estimate of drug-likeness (QED) is 0.698. The number of carbonyl (C=O) groups excluding carboxylic acids is 2. The summed E-state index contributed by atoms with van der Waals surface area (Å²) in [5.41, 5.74) is 3.12. The zero-order valence-corrected chi connectivity index (χ0v) is 18.4. The Labute approximate surface area is 188 Å². The van der Waals surface area contributed by atoms with Crippen molar-refractivity contribution in [2.45, 2.75) is 19.3 Å². The van der Waals surface area contributed by atoms with Gasteiger partial charge in [-0.05, 0) is 67.8 Å². The number of benzene rings is 2. The predicted octanol–water partition coefficient (Wildman–Crippen LogP) is 3.39. The highest BCUT2D eigenvalue weighted by Crippen LogP contribution is 2.30. The van der Waals surface area contributed by atoms with Crippen molar-refractivity contribution in [2.24, 2.45) is 0 Å². The zero-order chi connectivity index (χ0) is 21.6. The average Bonchev–Trinajstić information content (AvgIpc) is 2.81. The number of anilines is 1. The minimum atomic E-state index is -0.0666. The number of hydrogen-bond acceptors (Lipinski definition) is 4. The van der Waals surface area contributed by atoms with E-state index in [4.69, 9.17) is 16.3 Å². The molecular weight excluding hydrogens is 414 g/mol. The summed E-state index contributed by atoms with van der Waals surface area (Å²) in [5, 5.41) is 3.56. The number of hydrogen-bond donors (Lipinski definition) is 1. The minimum absolute atomic E-state index is 0.0660. The number of carbonyl (C=O) groups is 2. The number of rotatable bonds is 6. The number of morpholine rings is 1. The molecule has 4 rings (SSSR count). The molecule has 0 aromatic heterocycles. The lowest BCUT2D eigenvalue weighted by atomic mass is 9.98. The van der Waals surface area contributed by atoms with Crippen LogP contribution < -0.4 is 10.2 Å². The SMILES string of the molecule is O=C(NCCCN1CCOCC1)c1ccc2c(c1)CCCN2C(=O)c1cccc(Cl)c1. The summed E-state index contributed by atoms with van der Waals surface area (Å²) >= 11 is 6.06. The number of nitrogens with zero attached hydrogens (tertiary/aromatic N) is 2. The van der Waals surface area contributed by atoms with Gasteiger partial charge in [0.1, 0.15) is 0 Å². The van der Waals surface area contributed by atoms with Gasteiger partial charge in [0.15, 0.2) is 0 Å². The van der Waals surface area contributed by atoms with Gasteiger partial charge in [0.25, 0.3) is 11.8 Å². The van der Waals surface area contributed by atoms with Crippen LogP contribution in [-0.2, 0) is 11.2 Å². The molecule has 2 aromatic carbocycles. The fraction of sp³-hybridized carbons (Fsp3) is 0.417. The molecule has 2 amide bonds. The Morgan fingerprint density at radius 1 is 1.03 bits per heavy atom. The smallest absolute Gasteiger partial charge is 0.258 e. The van der Waals surface area contributed by atoms with E-state index < -0.39 is 0 Å². The largest absolute Gasteiger partial charge is 0.379 e. The summed E-state index contributed by atoms with van der Waals surface area (Å²) in [6.07, 6.45) is 2.63. The zero-order valence-electron chi connectivity index (χ0n) is 17.6. The Bertz CT molecular complexity index is 943. The van der Waals surface area contributed by atoms with Crippen LogP contribution in [0.4, 0.5) is 5.69 Å². The van der Waals surface area contributed by atoms with E-state index in [1.54, 1.807) is 35.2 Å². The predicted molar refractivity (Wildman–Crippen MR) is 122 cm³/mol. The van der Waals surface area contributed by atoms with Gasteiger partial charge in [-0.15, -0.1) is 0 Å². The maximum absolute atomic E-state index is 13.0. The number of halogens is 1. The Morgan fingerprint density at radius 3 is 2.68 bits per heavy atom. The summed E-state index contributed by atoms with van der Waals surface area (Å²) in [6.45, 7) is 5.77. The second-order valence-corrected chi connectivity index (χ2v) is 8.41. The van der Waals surface area contributed by atoms with Gasteiger partial charge < -0.3 is 15.0 Å². The Hall–Kier alpha value is -2.41. The van der Waals surface area contributed by atoms with Gasteiger partial charge >= 0.3 is 0 Å². The minimum Gasteiger partial charge on any atom is -0.379 e. The molecule has 0 radical (unpaired) electrons. The van der Waals surface area contributed by atoms with E-state index in [2.05, 4.69) is 10.2 Å². The molecule has 6 nitrogen and oxygen atoms in total. The highest BCUT2D eigenvalue weighted by atomic mass is 35.5. The number of amides is 2. The first kappa shape index (κ1) is 21.8. The molecule has 2 aliphatic heterocycles. The fourth-order valence-corrected chi connectivity index (χ4v) is 4.35. The van der Waals surface area contributed by atoms with E-state index in [0.29, 0.717) is 29.2 Å². The van der Waals surface area contributed by atoms with Gasteiger partial charge in [0.2, 0.25) is 0 Å².